The zero-order chi connectivity index (χ0) is 13.2. The van der Waals surface area contributed by atoms with Gasteiger partial charge < -0.3 is 9.97 Å². The highest BCUT2D eigenvalue weighted by atomic mass is 79.9. The summed E-state index contributed by atoms with van der Waals surface area (Å²) in [5.74, 6) is 0.135. The largest absolute Gasteiger partial charge is 0.364 e. The number of hydrogen-bond donors (Lipinski definition) is 2. The summed E-state index contributed by atoms with van der Waals surface area (Å²) in [7, 11) is 0. The van der Waals surface area contributed by atoms with Crippen LogP contribution in [-0.2, 0) is 0 Å². The van der Waals surface area contributed by atoms with Gasteiger partial charge in [-0.05, 0) is 57.9 Å². The Kier molecular flexibility index (Phi) is 3.49. The molecular weight excluding hydrogens is 324 g/mol. The van der Waals surface area contributed by atoms with E-state index < -0.39 is 0 Å². The summed E-state index contributed by atoms with van der Waals surface area (Å²) >= 11 is 9.64. The van der Waals surface area contributed by atoms with Crippen LogP contribution in [0, 0.1) is 0 Å². The Morgan fingerprint density at radius 2 is 1.58 bits per heavy atom. The first-order chi connectivity index (χ1) is 9.25. The third kappa shape index (κ3) is 2.48. The lowest BCUT2D eigenvalue weighted by atomic mass is 9.93. The normalized spacial score (nSPS) is 11.1. The van der Waals surface area contributed by atoms with Gasteiger partial charge in [0.25, 0.3) is 0 Å². The standard InChI is InChI=1S/C15H12BrClN2/c16-11-6-5-10(9-12(11)17)15(13-3-1-7-18-13)14-4-2-8-19-14/h1-9,15,18-19H. The Bertz CT molecular complexity index is 625. The second-order valence-electron chi connectivity index (χ2n) is 4.36. The fourth-order valence-electron chi connectivity index (χ4n) is 2.27. The van der Waals surface area contributed by atoms with Gasteiger partial charge in [-0.2, -0.15) is 0 Å². The number of H-pyrrole nitrogens is 2. The van der Waals surface area contributed by atoms with E-state index in [4.69, 9.17) is 11.6 Å². The molecule has 2 heterocycles. The third-order valence-corrected chi connectivity index (χ3v) is 4.38. The van der Waals surface area contributed by atoms with E-state index in [-0.39, 0.29) is 5.92 Å². The fourth-order valence-corrected chi connectivity index (χ4v) is 2.70. The van der Waals surface area contributed by atoms with Crippen molar-refractivity contribution in [2.75, 3.05) is 0 Å². The Labute approximate surface area is 124 Å². The van der Waals surface area contributed by atoms with Crippen LogP contribution in [0.3, 0.4) is 0 Å². The van der Waals surface area contributed by atoms with Crippen LogP contribution in [0.15, 0.2) is 59.3 Å². The van der Waals surface area contributed by atoms with E-state index in [9.17, 15) is 0 Å². The summed E-state index contributed by atoms with van der Waals surface area (Å²) in [4.78, 5) is 6.57. The minimum Gasteiger partial charge on any atom is -0.364 e. The molecule has 4 heteroatoms. The van der Waals surface area contributed by atoms with Gasteiger partial charge in [-0.25, -0.2) is 0 Å². The summed E-state index contributed by atoms with van der Waals surface area (Å²) in [6, 6.07) is 14.2. The van der Waals surface area contributed by atoms with Gasteiger partial charge in [-0.15, -0.1) is 0 Å². The van der Waals surface area contributed by atoms with Crippen LogP contribution in [-0.4, -0.2) is 9.97 Å². The monoisotopic (exact) mass is 334 g/mol. The van der Waals surface area contributed by atoms with Crippen LogP contribution in [0.2, 0.25) is 5.02 Å². The van der Waals surface area contributed by atoms with Crippen molar-refractivity contribution in [3.63, 3.8) is 0 Å². The minimum atomic E-state index is 0.135. The Hall–Kier alpha value is -1.45. The summed E-state index contributed by atoms with van der Waals surface area (Å²) in [6.07, 6.45) is 3.87. The molecule has 0 radical (unpaired) electrons. The molecule has 3 aromatic rings. The molecule has 19 heavy (non-hydrogen) atoms. The maximum Gasteiger partial charge on any atom is 0.0641 e. The molecule has 1 aromatic carbocycles. The number of rotatable bonds is 3. The maximum atomic E-state index is 6.21. The van der Waals surface area contributed by atoms with Gasteiger partial charge in [-0.1, -0.05) is 17.7 Å². The van der Waals surface area contributed by atoms with Crippen molar-refractivity contribution in [1.29, 1.82) is 0 Å². The highest BCUT2D eigenvalue weighted by Gasteiger charge is 2.19. The van der Waals surface area contributed by atoms with E-state index in [2.05, 4.69) is 44.1 Å². The minimum absolute atomic E-state index is 0.135. The Balaban J connectivity index is 2.12. The van der Waals surface area contributed by atoms with Gasteiger partial charge in [0.2, 0.25) is 0 Å². The molecule has 2 N–H and O–H groups in total. The van der Waals surface area contributed by atoms with E-state index >= 15 is 0 Å². The SMILES string of the molecule is Clc1cc(C(c2ccc[nH]2)c2ccc[nH]2)ccc1Br. The summed E-state index contributed by atoms with van der Waals surface area (Å²) in [6.45, 7) is 0. The molecule has 2 nitrogen and oxygen atoms in total. The molecule has 0 saturated carbocycles. The molecule has 0 aliphatic carbocycles. The molecule has 0 saturated heterocycles. The topological polar surface area (TPSA) is 31.6 Å². The molecule has 0 spiro atoms. The quantitative estimate of drug-likeness (QED) is 0.679. The number of hydrogen-bond acceptors (Lipinski definition) is 0. The summed E-state index contributed by atoms with van der Waals surface area (Å²) < 4.78 is 0.912. The van der Waals surface area contributed by atoms with Gasteiger partial charge in [0.1, 0.15) is 0 Å². The molecular formula is C15H12BrClN2. The van der Waals surface area contributed by atoms with Crippen LogP contribution in [0.25, 0.3) is 0 Å². The zero-order valence-corrected chi connectivity index (χ0v) is 12.4. The highest BCUT2D eigenvalue weighted by Crippen LogP contribution is 2.33. The number of benzene rings is 1. The lowest BCUT2D eigenvalue weighted by Gasteiger charge is -2.16. The maximum absolute atomic E-state index is 6.21. The molecule has 0 fully saturated rings. The second kappa shape index (κ2) is 5.27. The smallest absolute Gasteiger partial charge is 0.0641 e. The zero-order valence-electron chi connectivity index (χ0n) is 10.0. The molecule has 2 aromatic heterocycles. The average molecular weight is 336 g/mol. The lowest BCUT2D eigenvalue weighted by Crippen LogP contribution is -2.04. The average Bonchev–Trinajstić information content (AvgIpc) is 3.07. The molecule has 3 rings (SSSR count). The van der Waals surface area contributed by atoms with Crippen molar-refractivity contribution in [2.45, 2.75) is 5.92 Å². The number of nitrogens with one attached hydrogen (secondary N) is 2. The van der Waals surface area contributed by atoms with E-state index in [0.29, 0.717) is 0 Å². The van der Waals surface area contributed by atoms with Gasteiger partial charge in [0.15, 0.2) is 0 Å². The molecule has 0 aliphatic rings. The molecule has 0 bridgehead atoms. The van der Waals surface area contributed by atoms with Crippen LogP contribution in [0.5, 0.6) is 0 Å². The van der Waals surface area contributed by atoms with Crippen molar-refractivity contribution in [2.24, 2.45) is 0 Å². The first kappa shape index (κ1) is 12.6. The Morgan fingerprint density at radius 1 is 0.947 bits per heavy atom. The van der Waals surface area contributed by atoms with Gasteiger partial charge in [0.05, 0.1) is 10.9 Å². The summed E-state index contributed by atoms with van der Waals surface area (Å²) in [5, 5.41) is 0.723. The predicted octanol–water partition coefficient (Wildman–Crippen LogP) is 4.94. The lowest BCUT2D eigenvalue weighted by molar-refractivity contribution is 0.897. The summed E-state index contributed by atoms with van der Waals surface area (Å²) in [5.41, 5.74) is 3.43. The van der Waals surface area contributed by atoms with E-state index in [1.165, 1.54) is 0 Å². The van der Waals surface area contributed by atoms with E-state index in [0.717, 1.165) is 26.4 Å². The molecule has 0 aliphatic heterocycles. The second-order valence-corrected chi connectivity index (χ2v) is 5.62. The first-order valence-electron chi connectivity index (χ1n) is 5.97. The van der Waals surface area contributed by atoms with Crippen molar-refractivity contribution < 1.29 is 0 Å². The number of halogens is 2. The number of aromatic amines is 2. The van der Waals surface area contributed by atoms with Crippen molar-refractivity contribution in [3.05, 3.63) is 81.3 Å². The van der Waals surface area contributed by atoms with Crippen molar-refractivity contribution in [3.8, 4) is 0 Å². The molecule has 0 atom stereocenters. The third-order valence-electron chi connectivity index (χ3n) is 3.14. The van der Waals surface area contributed by atoms with Crippen LogP contribution in [0.1, 0.15) is 22.9 Å². The predicted molar refractivity (Wildman–Crippen MR) is 81.7 cm³/mol. The van der Waals surface area contributed by atoms with Gasteiger partial charge >= 0.3 is 0 Å². The molecule has 0 unspecified atom stereocenters. The van der Waals surface area contributed by atoms with E-state index in [1.807, 2.05) is 36.7 Å². The van der Waals surface area contributed by atoms with E-state index in [1.54, 1.807) is 0 Å². The Morgan fingerprint density at radius 3 is 2.05 bits per heavy atom. The van der Waals surface area contributed by atoms with Crippen molar-refractivity contribution >= 4 is 27.5 Å². The molecule has 0 amide bonds. The fraction of sp³-hybridized carbons (Fsp3) is 0.0667. The number of aromatic nitrogens is 2. The van der Waals surface area contributed by atoms with Crippen LogP contribution >= 0.6 is 27.5 Å². The van der Waals surface area contributed by atoms with Gasteiger partial charge in [0, 0.05) is 28.3 Å². The first-order valence-corrected chi connectivity index (χ1v) is 7.14. The van der Waals surface area contributed by atoms with Gasteiger partial charge in [-0.3, -0.25) is 0 Å². The van der Waals surface area contributed by atoms with Crippen molar-refractivity contribution in [1.82, 2.24) is 9.97 Å². The van der Waals surface area contributed by atoms with Crippen LogP contribution in [0.4, 0.5) is 0 Å². The highest BCUT2D eigenvalue weighted by molar-refractivity contribution is 9.10. The van der Waals surface area contributed by atoms with Crippen LogP contribution < -0.4 is 0 Å². The molecule has 96 valence electrons.